The molecule has 2 aromatic rings. The molecule has 1 saturated heterocycles. The minimum absolute atomic E-state index is 0.319. The lowest BCUT2D eigenvalue weighted by Crippen LogP contribution is -2.20. The lowest BCUT2D eigenvalue weighted by Gasteiger charge is -2.15. The Morgan fingerprint density at radius 3 is 2.90 bits per heavy atom. The number of benzene rings is 1. The van der Waals surface area contributed by atoms with E-state index in [1.54, 1.807) is 0 Å². The van der Waals surface area contributed by atoms with Crippen LogP contribution in [0.1, 0.15) is 25.3 Å². The number of anilines is 1. The Kier molecular flexibility index (Phi) is 3.69. The molecule has 1 aliphatic heterocycles. The number of hydrogen-bond donors (Lipinski definition) is 1. The molecule has 106 valence electrons. The zero-order chi connectivity index (χ0) is 13.9. The number of ether oxygens (including phenoxy) is 1. The van der Waals surface area contributed by atoms with Gasteiger partial charge < -0.3 is 14.5 Å². The van der Waals surface area contributed by atoms with Gasteiger partial charge in [-0.15, -0.1) is 10.2 Å². The summed E-state index contributed by atoms with van der Waals surface area (Å²) >= 11 is 0. The molecule has 1 aromatic carbocycles. The number of aromatic nitrogens is 2. The highest BCUT2D eigenvalue weighted by atomic mass is 16.5. The number of aryl methyl sites for hydroxylation is 1. The predicted octanol–water partition coefficient (Wildman–Crippen LogP) is 3.02. The number of rotatable bonds is 4. The van der Waals surface area contributed by atoms with E-state index in [0.717, 1.165) is 36.2 Å². The quantitative estimate of drug-likeness (QED) is 0.927. The van der Waals surface area contributed by atoms with Crippen molar-refractivity contribution in [3.63, 3.8) is 0 Å². The van der Waals surface area contributed by atoms with Gasteiger partial charge in [-0.2, -0.15) is 0 Å². The van der Waals surface area contributed by atoms with Crippen LogP contribution in [-0.4, -0.2) is 29.0 Å². The molecule has 0 amide bonds. The van der Waals surface area contributed by atoms with Crippen LogP contribution in [0, 0.1) is 6.92 Å². The third-order valence-electron chi connectivity index (χ3n) is 3.67. The fraction of sp³-hybridized carbons (Fsp3) is 0.467. The lowest BCUT2D eigenvalue weighted by molar-refractivity contribution is 0.0637. The molecule has 1 N–H and O–H groups in total. The molecule has 0 spiro atoms. The molecule has 5 heteroatoms. The molecule has 3 rings (SSSR count). The fourth-order valence-corrected chi connectivity index (χ4v) is 2.55. The maximum Gasteiger partial charge on any atom is 0.247 e. The molecular formula is C15H19N3O2. The molecule has 2 atom stereocenters. The van der Waals surface area contributed by atoms with Crippen molar-refractivity contribution in [1.29, 1.82) is 0 Å². The molecule has 1 aromatic heterocycles. The molecule has 2 unspecified atom stereocenters. The van der Waals surface area contributed by atoms with Crippen molar-refractivity contribution < 1.29 is 9.15 Å². The third kappa shape index (κ3) is 2.82. The number of nitrogens with zero attached hydrogens (tertiary/aromatic N) is 2. The molecular weight excluding hydrogens is 254 g/mol. The molecule has 0 bridgehead atoms. The highest BCUT2D eigenvalue weighted by Gasteiger charge is 2.21. The molecule has 0 saturated carbocycles. The van der Waals surface area contributed by atoms with E-state index in [9.17, 15) is 0 Å². The van der Waals surface area contributed by atoms with Gasteiger partial charge in [-0.1, -0.05) is 0 Å². The lowest BCUT2D eigenvalue weighted by atomic mass is 10.1. The third-order valence-corrected chi connectivity index (χ3v) is 3.67. The standard InChI is InChI=1S/C15H19N3O2/c1-10-7-12(15-18-17-9-19-15)4-6-14(10)16-8-13-5-3-11(2)20-13/h4,6-7,9,11,13,16H,3,5,8H2,1-2H3. The Balaban J connectivity index is 1.65. The molecule has 2 heterocycles. The van der Waals surface area contributed by atoms with Crippen molar-refractivity contribution in [2.24, 2.45) is 0 Å². The van der Waals surface area contributed by atoms with E-state index in [4.69, 9.17) is 9.15 Å². The second-order valence-electron chi connectivity index (χ2n) is 5.30. The molecule has 1 fully saturated rings. The first-order valence-electron chi connectivity index (χ1n) is 6.99. The van der Waals surface area contributed by atoms with Gasteiger partial charge in [0.1, 0.15) is 0 Å². The SMILES string of the molecule is Cc1cc(-c2nnco2)ccc1NCC1CCC(C)O1. The summed E-state index contributed by atoms with van der Waals surface area (Å²) in [5, 5.41) is 11.1. The van der Waals surface area contributed by atoms with Crippen LogP contribution < -0.4 is 5.32 Å². The van der Waals surface area contributed by atoms with Crippen molar-refractivity contribution >= 4 is 5.69 Å². The normalized spacial score (nSPS) is 22.1. The van der Waals surface area contributed by atoms with E-state index in [2.05, 4.69) is 29.4 Å². The van der Waals surface area contributed by atoms with E-state index in [-0.39, 0.29) is 0 Å². The average Bonchev–Trinajstić information content (AvgIpc) is 3.08. The van der Waals surface area contributed by atoms with Gasteiger partial charge in [0.15, 0.2) is 0 Å². The Labute approximate surface area is 118 Å². The largest absolute Gasteiger partial charge is 0.423 e. The summed E-state index contributed by atoms with van der Waals surface area (Å²) in [4.78, 5) is 0. The second-order valence-corrected chi connectivity index (χ2v) is 5.30. The van der Waals surface area contributed by atoms with Crippen molar-refractivity contribution in [2.45, 2.75) is 38.9 Å². The maximum absolute atomic E-state index is 5.81. The summed E-state index contributed by atoms with van der Waals surface area (Å²) in [7, 11) is 0. The van der Waals surface area contributed by atoms with Crippen LogP contribution >= 0.6 is 0 Å². The van der Waals surface area contributed by atoms with Gasteiger partial charge in [0.25, 0.3) is 0 Å². The minimum atomic E-state index is 0.319. The van der Waals surface area contributed by atoms with E-state index < -0.39 is 0 Å². The van der Waals surface area contributed by atoms with Crippen LogP contribution in [0.15, 0.2) is 29.0 Å². The Morgan fingerprint density at radius 2 is 2.25 bits per heavy atom. The van der Waals surface area contributed by atoms with Crippen molar-refractivity contribution in [3.05, 3.63) is 30.2 Å². The average molecular weight is 273 g/mol. The predicted molar refractivity (Wildman–Crippen MR) is 76.5 cm³/mol. The first kappa shape index (κ1) is 13.1. The summed E-state index contributed by atoms with van der Waals surface area (Å²) in [6.07, 6.45) is 4.34. The Hall–Kier alpha value is -1.88. The minimum Gasteiger partial charge on any atom is -0.423 e. The van der Waals surface area contributed by atoms with E-state index in [1.807, 2.05) is 18.2 Å². The zero-order valence-electron chi connectivity index (χ0n) is 11.8. The monoisotopic (exact) mass is 273 g/mol. The van der Waals surface area contributed by atoms with Crippen molar-refractivity contribution in [2.75, 3.05) is 11.9 Å². The van der Waals surface area contributed by atoms with Gasteiger partial charge in [-0.05, 0) is 50.5 Å². The molecule has 5 nitrogen and oxygen atoms in total. The number of nitrogens with one attached hydrogen (secondary N) is 1. The van der Waals surface area contributed by atoms with Crippen molar-refractivity contribution in [1.82, 2.24) is 10.2 Å². The van der Waals surface area contributed by atoms with Gasteiger partial charge in [-0.3, -0.25) is 0 Å². The maximum atomic E-state index is 5.81. The first-order valence-corrected chi connectivity index (χ1v) is 6.99. The van der Waals surface area contributed by atoms with Crippen LogP contribution in [-0.2, 0) is 4.74 Å². The molecule has 0 aliphatic carbocycles. The summed E-state index contributed by atoms with van der Waals surface area (Å²) in [6.45, 7) is 5.05. The van der Waals surface area contributed by atoms with Crippen LogP contribution in [0.4, 0.5) is 5.69 Å². The van der Waals surface area contributed by atoms with Crippen LogP contribution in [0.3, 0.4) is 0 Å². The molecule has 20 heavy (non-hydrogen) atoms. The van der Waals surface area contributed by atoms with Crippen LogP contribution in [0.25, 0.3) is 11.5 Å². The van der Waals surface area contributed by atoms with Gasteiger partial charge in [0.05, 0.1) is 12.2 Å². The summed E-state index contributed by atoms with van der Waals surface area (Å²) in [5.74, 6) is 0.549. The van der Waals surface area contributed by atoms with Crippen molar-refractivity contribution in [3.8, 4) is 11.5 Å². The highest BCUT2D eigenvalue weighted by Crippen LogP contribution is 2.24. The van der Waals surface area contributed by atoms with Crippen LogP contribution in [0.2, 0.25) is 0 Å². The molecule has 0 radical (unpaired) electrons. The van der Waals surface area contributed by atoms with E-state index in [1.165, 1.54) is 6.39 Å². The summed E-state index contributed by atoms with van der Waals surface area (Å²) in [5.41, 5.74) is 3.22. The Bertz CT molecular complexity index is 569. The first-order chi connectivity index (χ1) is 9.72. The second kappa shape index (κ2) is 5.63. The van der Waals surface area contributed by atoms with E-state index >= 15 is 0 Å². The highest BCUT2D eigenvalue weighted by molar-refractivity contribution is 5.62. The molecule has 1 aliphatic rings. The topological polar surface area (TPSA) is 60.2 Å². The number of hydrogen-bond acceptors (Lipinski definition) is 5. The fourth-order valence-electron chi connectivity index (χ4n) is 2.55. The van der Waals surface area contributed by atoms with Gasteiger partial charge in [0, 0.05) is 17.8 Å². The zero-order valence-corrected chi connectivity index (χ0v) is 11.8. The smallest absolute Gasteiger partial charge is 0.247 e. The van der Waals surface area contributed by atoms with Gasteiger partial charge >= 0.3 is 0 Å². The Morgan fingerprint density at radius 1 is 1.35 bits per heavy atom. The summed E-state index contributed by atoms with van der Waals surface area (Å²) < 4.78 is 11.0. The van der Waals surface area contributed by atoms with Gasteiger partial charge in [0.2, 0.25) is 12.3 Å². The van der Waals surface area contributed by atoms with E-state index in [0.29, 0.717) is 18.1 Å². The summed E-state index contributed by atoms with van der Waals surface area (Å²) in [6, 6.07) is 6.09. The van der Waals surface area contributed by atoms with Crippen LogP contribution in [0.5, 0.6) is 0 Å². The van der Waals surface area contributed by atoms with Gasteiger partial charge in [-0.25, -0.2) is 0 Å².